The van der Waals surface area contributed by atoms with Crippen molar-refractivity contribution in [1.82, 2.24) is 15.2 Å². The van der Waals surface area contributed by atoms with Crippen molar-refractivity contribution in [3.05, 3.63) is 83.0 Å². The van der Waals surface area contributed by atoms with Gasteiger partial charge in [-0.3, -0.25) is 9.78 Å². The van der Waals surface area contributed by atoms with Crippen LogP contribution in [0.3, 0.4) is 0 Å². The Balaban J connectivity index is 1.30. The third kappa shape index (κ3) is 5.48. The smallest absolute Gasteiger partial charge is 0.319 e. The van der Waals surface area contributed by atoms with E-state index in [9.17, 15) is 14.9 Å². The molecule has 0 atom stereocenters. The number of carbonyl (C=O) groups excluding carboxylic acids is 2. The molecule has 1 fully saturated rings. The summed E-state index contributed by atoms with van der Waals surface area (Å²) in [5.74, 6) is -0.0489. The first kappa shape index (κ1) is 22.3. The molecule has 4 rings (SSSR count). The number of piperidine rings is 1. The lowest BCUT2D eigenvalue weighted by atomic mass is 10.0. The number of anilines is 1. The molecule has 0 bridgehead atoms. The molecular weight excluding hydrogens is 438 g/mol. The molecule has 8 heteroatoms. The molecule has 1 saturated heterocycles. The quantitative estimate of drug-likeness (QED) is 0.590. The van der Waals surface area contributed by atoms with Gasteiger partial charge < -0.3 is 15.5 Å². The zero-order valence-electron chi connectivity index (χ0n) is 17.8. The van der Waals surface area contributed by atoms with Crippen LogP contribution in [0, 0.1) is 11.3 Å². The minimum Gasteiger partial charge on any atom is -0.338 e. The molecule has 1 aliphatic heterocycles. The summed E-state index contributed by atoms with van der Waals surface area (Å²) in [4.78, 5) is 31.2. The molecular formula is C25H22ClN5O2. The predicted molar refractivity (Wildman–Crippen MR) is 127 cm³/mol. The van der Waals surface area contributed by atoms with Crippen LogP contribution in [-0.4, -0.2) is 41.0 Å². The molecule has 166 valence electrons. The molecule has 0 unspecified atom stereocenters. The number of rotatable bonds is 4. The van der Waals surface area contributed by atoms with Crippen LogP contribution in [0.2, 0.25) is 5.02 Å². The number of amides is 3. The number of likely N-dealkylation sites (tertiary alicyclic amines) is 1. The summed E-state index contributed by atoms with van der Waals surface area (Å²) in [6, 6.07) is 19.4. The number of hydrogen-bond donors (Lipinski definition) is 2. The summed E-state index contributed by atoms with van der Waals surface area (Å²) in [6.07, 6.45) is 3.00. The van der Waals surface area contributed by atoms with Crippen molar-refractivity contribution in [3.63, 3.8) is 0 Å². The lowest BCUT2D eigenvalue weighted by Crippen LogP contribution is -2.47. The molecule has 33 heavy (non-hydrogen) atoms. The maximum absolute atomic E-state index is 12.9. The topological polar surface area (TPSA) is 98.1 Å². The highest BCUT2D eigenvalue weighted by Crippen LogP contribution is 2.22. The number of aromatic nitrogens is 1. The molecule has 2 N–H and O–H groups in total. The van der Waals surface area contributed by atoms with Crippen molar-refractivity contribution in [2.24, 2.45) is 0 Å². The maximum atomic E-state index is 12.9. The van der Waals surface area contributed by atoms with Crippen molar-refractivity contribution < 1.29 is 9.59 Å². The number of halogens is 1. The van der Waals surface area contributed by atoms with Crippen molar-refractivity contribution in [2.75, 3.05) is 18.4 Å². The highest BCUT2D eigenvalue weighted by atomic mass is 35.5. The Morgan fingerprint density at radius 2 is 1.73 bits per heavy atom. The van der Waals surface area contributed by atoms with Gasteiger partial charge in [-0.25, -0.2) is 4.79 Å². The average molecular weight is 460 g/mol. The molecule has 3 aromatic rings. The van der Waals surface area contributed by atoms with Crippen LogP contribution in [0.25, 0.3) is 11.3 Å². The largest absolute Gasteiger partial charge is 0.338 e. The second kappa shape index (κ2) is 10.2. The van der Waals surface area contributed by atoms with E-state index < -0.39 is 0 Å². The lowest BCUT2D eigenvalue weighted by Gasteiger charge is -2.32. The number of nitriles is 1. The summed E-state index contributed by atoms with van der Waals surface area (Å²) in [6.45, 7) is 1.12. The molecule has 2 heterocycles. The van der Waals surface area contributed by atoms with E-state index >= 15 is 0 Å². The number of nitrogens with zero attached hydrogens (tertiary/aromatic N) is 3. The third-order valence-electron chi connectivity index (χ3n) is 5.55. The maximum Gasteiger partial charge on any atom is 0.319 e. The van der Waals surface area contributed by atoms with Crippen LogP contribution in [0.4, 0.5) is 10.5 Å². The standard InChI is InChI=1S/C25H22ClN5O2/c26-20-7-9-21(10-8-20)29-25(33)30-22-11-14-31(15-12-22)24(32)18-5-3-17(4-6-18)23-19(16-27)2-1-13-28-23/h1-10,13,22H,11-12,14-15H2,(H2,29,30,33). The van der Waals surface area contributed by atoms with E-state index in [1.165, 1.54) is 0 Å². The van der Waals surface area contributed by atoms with Gasteiger partial charge in [0.2, 0.25) is 0 Å². The first-order valence-corrected chi connectivity index (χ1v) is 11.0. The zero-order valence-corrected chi connectivity index (χ0v) is 18.5. The summed E-state index contributed by atoms with van der Waals surface area (Å²) in [5.41, 5.74) is 3.13. The van der Waals surface area contributed by atoms with Crippen LogP contribution >= 0.6 is 11.6 Å². The van der Waals surface area contributed by atoms with E-state index in [1.807, 2.05) is 12.1 Å². The Morgan fingerprint density at radius 3 is 2.39 bits per heavy atom. The van der Waals surface area contributed by atoms with Crippen LogP contribution < -0.4 is 10.6 Å². The molecule has 0 spiro atoms. The van der Waals surface area contributed by atoms with Gasteiger partial charge in [-0.05, 0) is 61.4 Å². The van der Waals surface area contributed by atoms with E-state index in [2.05, 4.69) is 21.7 Å². The average Bonchev–Trinajstić information content (AvgIpc) is 2.85. The second-order valence-electron chi connectivity index (χ2n) is 7.76. The van der Waals surface area contributed by atoms with Gasteiger partial charge in [-0.2, -0.15) is 5.26 Å². The molecule has 0 radical (unpaired) electrons. The van der Waals surface area contributed by atoms with Gasteiger partial charge >= 0.3 is 6.03 Å². The summed E-state index contributed by atoms with van der Waals surface area (Å²) >= 11 is 5.86. The number of pyridine rings is 1. The van der Waals surface area contributed by atoms with Crippen LogP contribution in [0.1, 0.15) is 28.8 Å². The van der Waals surface area contributed by atoms with Gasteiger partial charge in [-0.1, -0.05) is 23.7 Å². The number of nitrogens with one attached hydrogen (secondary N) is 2. The number of benzene rings is 2. The summed E-state index contributed by atoms with van der Waals surface area (Å²) in [7, 11) is 0. The van der Waals surface area contributed by atoms with Gasteiger partial charge in [0, 0.05) is 47.2 Å². The third-order valence-corrected chi connectivity index (χ3v) is 5.80. The molecule has 3 amide bonds. The van der Waals surface area contributed by atoms with Gasteiger partial charge in [0.1, 0.15) is 6.07 Å². The fourth-order valence-electron chi connectivity index (χ4n) is 3.79. The highest BCUT2D eigenvalue weighted by Gasteiger charge is 2.24. The Bertz CT molecular complexity index is 1180. The second-order valence-corrected chi connectivity index (χ2v) is 8.20. The number of carbonyl (C=O) groups is 2. The van der Waals surface area contributed by atoms with Crippen LogP contribution in [0.15, 0.2) is 66.9 Å². The van der Waals surface area contributed by atoms with Gasteiger partial charge in [-0.15, -0.1) is 0 Å². The van der Waals surface area contributed by atoms with E-state index in [0.717, 1.165) is 5.56 Å². The summed E-state index contributed by atoms with van der Waals surface area (Å²) < 4.78 is 0. The Hall–Kier alpha value is -3.89. The van der Waals surface area contributed by atoms with Crippen molar-refractivity contribution in [1.29, 1.82) is 5.26 Å². The Kier molecular flexibility index (Phi) is 6.86. The van der Waals surface area contributed by atoms with Gasteiger partial charge in [0.25, 0.3) is 5.91 Å². The van der Waals surface area contributed by atoms with E-state index in [-0.39, 0.29) is 18.0 Å². The van der Waals surface area contributed by atoms with E-state index in [1.54, 1.807) is 59.6 Å². The first-order valence-electron chi connectivity index (χ1n) is 10.6. The fraction of sp³-hybridized carbons (Fsp3) is 0.200. The molecule has 0 aliphatic carbocycles. The molecule has 7 nitrogen and oxygen atoms in total. The SMILES string of the molecule is N#Cc1cccnc1-c1ccc(C(=O)N2CCC(NC(=O)Nc3ccc(Cl)cc3)CC2)cc1. The zero-order chi connectivity index (χ0) is 23.2. The summed E-state index contributed by atoms with van der Waals surface area (Å²) in [5, 5.41) is 15.6. The van der Waals surface area contributed by atoms with E-state index in [4.69, 9.17) is 11.6 Å². The Labute approximate surface area is 197 Å². The predicted octanol–water partition coefficient (Wildman–Crippen LogP) is 4.70. The monoisotopic (exact) mass is 459 g/mol. The van der Waals surface area contributed by atoms with Crippen LogP contribution in [0.5, 0.6) is 0 Å². The molecule has 1 aromatic heterocycles. The van der Waals surface area contributed by atoms with Crippen molar-refractivity contribution in [3.8, 4) is 17.3 Å². The molecule has 1 aliphatic rings. The minimum absolute atomic E-state index is 0.00251. The van der Waals surface area contributed by atoms with Crippen molar-refractivity contribution in [2.45, 2.75) is 18.9 Å². The number of hydrogen-bond acceptors (Lipinski definition) is 4. The number of urea groups is 1. The first-order chi connectivity index (χ1) is 16.0. The fourth-order valence-corrected chi connectivity index (χ4v) is 3.92. The van der Waals surface area contributed by atoms with E-state index in [0.29, 0.717) is 53.5 Å². The van der Waals surface area contributed by atoms with Crippen molar-refractivity contribution >= 4 is 29.2 Å². The highest BCUT2D eigenvalue weighted by molar-refractivity contribution is 6.30. The lowest BCUT2D eigenvalue weighted by molar-refractivity contribution is 0.0709. The molecule has 0 saturated carbocycles. The van der Waals surface area contributed by atoms with Crippen LogP contribution in [-0.2, 0) is 0 Å². The normalized spacial score (nSPS) is 13.8. The van der Waals surface area contributed by atoms with Gasteiger partial charge in [0.05, 0.1) is 11.3 Å². The molecule has 2 aromatic carbocycles. The van der Waals surface area contributed by atoms with Gasteiger partial charge in [0.15, 0.2) is 0 Å². The minimum atomic E-state index is -0.274. The Morgan fingerprint density at radius 1 is 1.03 bits per heavy atom.